The van der Waals surface area contributed by atoms with Crippen LogP contribution >= 0.6 is 0 Å². The van der Waals surface area contributed by atoms with Crippen LogP contribution in [0, 0.1) is 5.41 Å². The van der Waals surface area contributed by atoms with E-state index in [4.69, 9.17) is 16.3 Å². The van der Waals surface area contributed by atoms with E-state index in [0.29, 0.717) is 12.8 Å². The fraction of sp³-hybridized carbons (Fsp3) is 0.808. The summed E-state index contributed by atoms with van der Waals surface area (Å²) in [6, 6.07) is -1.42. The van der Waals surface area contributed by atoms with Gasteiger partial charge in [0, 0.05) is 19.2 Å². The molecule has 2 saturated carbocycles. The van der Waals surface area contributed by atoms with Crippen molar-refractivity contribution in [3.8, 4) is 0 Å². The lowest BCUT2D eigenvalue weighted by Gasteiger charge is -2.62. The predicted molar refractivity (Wildman–Crippen MR) is 141 cm³/mol. The number of nitrogens with one attached hydrogen (secondary N) is 2. The molecular formula is C26H46N6O6. The molecule has 3 atom stereocenters. The van der Waals surface area contributed by atoms with Gasteiger partial charge in [-0.25, -0.2) is 10.6 Å². The van der Waals surface area contributed by atoms with Crippen LogP contribution in [-0.2, 0) is 14.3 Å². The maximum atomic E-state index is 13.6. The van der Waals surface area contributed by atoms with E-state index >= 15 is 0 Å². The first-order chi connectivity index (χ1) is 17.4. The van der Waals surface area contributed by atoms with E-state index in [1.165, 1.54) is 30.0 Å². The smallest absolute Gasteiger partial charge is 0.408 e. The van der Waals surface area contributed by atoms with Crippen LogP contribution in [0.5, 0.6) is 0 Å². The standard InChI is InChI=1S/C26H46N6O6/c1-16(33)26(14-25(15-26)8-7-9-25)30-21(35)18-10-17(32(28)19(11-27)24(5,6)37)13-31(18)20(34)12-29-22(36)38-23(2,3)4/h11,16-18,33,37H,7-10,12-15,27-28H2,1-6H3,(H,29,36)(H,30,35)/b19-11-. The Hall–Kier alpha value is -2.57. The number of amides is 3. The Bertz CT molecular complexity index is 941. The molecule has 0 bridgehead atoms. The van der Waals surface area contributed by atoms with Crippen molar-refractivity contribution >= 4 is 17.9 Å². The van der Waals surface area contributed by atoms with Gasteiger partial charge < -0.3 is 41.2 Å². The summed E-state index contributed by atoms with van der Waals surface area (Å²) in [7, 11) is 0. The molecule has 12 heteroatoms. The quantitative estimate of drug-likeness (QED) is 0.188. The monoisotopic (exact) mass is 538 g/mol. The number of likely N-dealkylation sites (tertiary alicyclic amines) is 1. The maximum Gasteiger partial charge on any atom is 0.408 e. The lowest BCUT2D eigenvalue weighted by Crippen LogP contribution is -2.70. The summed E-state index contributed by atoms with van der Waals surface area (Å²) in [5.41, 5.74) is 3.36. The van der Waals surface area contributed by atoms with Crippen molar-refractivity contribution in [2.24, 2.45) is 17.0 Å². The van der Waals surface area contributed by atoms with Crippen molar-refractivity contribution in [3.63, 3.8) is 0 Å². The number of rotatable bonds is 8. The van der Waals surface area contributed by atoms with Gasteiger partial charge >= 0.3 is 6.09 Å². The van der Waals surface area contributed by atoms with E-state index in [0.717, 1.165) is 19.3 Å². The van der Waals surface area contributed by atoms with E-state index in [9.17, 15) is 24.6 Å². The molecule has 0 radical (unpaired) electrons. The van der Waals surface area contributed by atoms with Crippen molar-refractivity contribution < 1.29 is 29.3 Å². The minimum atomic E-state index is -1.35. The van der Waals surface area contributed by atoms with E-state index in [1.54, 1.807) is 27.7 Å². The molecule has 1 saturated heterocycles. The van der Waals surface area contributed by atoms with Gasteiger partial charge in [-0.15, -0.1) is 0 Å². The highest BCUT2D eigenvalue weighted by Crippen LogP contribution is 2.61. The topological polar surface area (TPSA) is 183 Å². The van der Waals surface area contributed by atoms with Crippen LogP contribution in [0.4, 0.5) is 4.79 Å². The van der Waals surface area contributed by atoms with E-state index < -0.39 is 46.9 Å². The molecule has 1 aliphatic heterocycles. The van der Waals surface area contributed by atoms with E-state index in [2.05, 4.69) is 10.6 Å². The largest absolute Gasteiger partial charge is 0.444 e. The van der Waals surface area contributed by atoms with Gasteiger partial charge in [0.1, 0.15) is 23.8 Å². The number of alkyl carbamates (subject to hydrolysis) is 1. The van der Waals surface area contributed by atoms with Gasteiger partial charge in [-0.1, -0.05) is 6.42 Å². The maximum absolute atomic E-state index is 13.6. The number of carbonyl (C=O) groups excluding carboxylic acids is 3. The molecule has 0 aromatic carbocycles. The summed E-state index contributed by atoms with van der Waals surface area (Å²) < 4.78 is 5.21. The fourth-order valence-corrected chi connectivity index (χ4v) is 6.04. The van der Waals surface area contributed by atoms with Gasteiger partial charge in [-0.2, -0.15) is 0 Å². The van der Waals surface area contributed by atoms with Crippen molar-refractivity contribution in [2.45, 2.75) is 115 Å². The Balaban J connectivity index is 1.77. The highest BCUT2D eigenvalue weighted by atomic mass is 16.6. The summed E-state index contributed by atoms with van der Waals surface area (Å²) in [5.74, 6) is 5.47. The van der Waals surface area contributed by atoms with Crippen LogP contribution in [0.25, 0.3) is 0 Å². The summed E-state index contributed by atoms with van der Waals surface area (Å²) in [6.45, 7) is 9.61. The Morgan fingerprint density at radius 3 is 2.26 bits per heavy atom. The Morgan fingerprint density at radius 2 is 1.82 bits per heavy atom. The first kappa shape index (κ1) is 30.0. The third-order valence-electron chi connectivity index (χ3n) is 8.11. The molecule has 12 nitrogen and oxygen atoms in total. The normalized spacial score (nSPS) is 25.2. The summed E-state index contributed by atoms with van der Waals surface area (Å²) >= 11 is 0. The number of carbonyl (C=O) groups is 3. The van der Waals surface area contributed by atoms with Gasteiger partial charge in [0.05, 0.1) is 23.4 Å². The summed E-state index contributed by atoms with van der Waals surface area (Å²) in [4.78, 5) is 40.4. The molecule has 3 unspecified atom stereocenters. The minimum Gasteiger partial charge on any atom is -0.444 e. The molecular weight excluding hydrogens is 492 g/mol. The van der Waals surface area contributed by atoms with Gasteiger partial charge in [0.2, 0.25) is 11.8 Å². The number of nitrogens with two attached hydrogens (primary N) is 2. The highest BCUT2D eigenvalue weighted by Gasteiger charge is 2.60. The molecule has 8 N–H and O–H groups in total. The third kappa shape index (κ3) is 6.35. The Morgan fingerprint density at radius 1 is 1.21 bits per heavy atom. The number of hydrazine groups is 1. The lowest BCUT2D eigenvalue weighted by atomic mass is 9.47. The van der Waals surface area contributed by atoms with Crippen molar-refractivity contribution in [1.29, 1.82) is 0 Å². The van der Waals surface area contributed by atoms with Crippen LogP contribution < -0.4 is 22.2 Å². The van der Waals surface area contributed by atoms with Crippen LogP contribution in [0.1, 0.15) is 80.1 Å². The highest BCUT2D eigenvalue weighted by molar-refractivity contribution is 5.90. The number of ether oxygens (including phenoxy) is 1. The first-order valence-corrected chi connectivity index (χ1v) is 13.4. The fourth-order valence-electron chi connectivity index (χ4n) is 6.04. The van der Waals surface area contributed by atoms with Crippen LogP contribution in [-0.4, -0.2) is 86.0 Å². The second-order valence-electron chi connectivity index (χ2n) is 12.9. The van der Waals surface area contributed by atoms with Crippen LogP contribution in [0.2, 0.25) is 0 Å². The number of hydrogen-bond donors (Lipinski definition) is 6. The van der Waals surface area contributed by atoms with Crippen molar-refractivity contribution in [1.82, 2.24) is 20.5 Å². The first-order valence-electron chi connectivity index (χ1n) is 13.4. The molecule has 3 fully saturated rings. The molecule has 1 heterocycles. The SMILES string of the molecule is CC(O)C1(NC(=O)C2CC(N(N)/C(=C\N)C(C)(C)O)CN2C(=O)CNC(=O)OC(C)(C)C)CC2(CCC2)C1. The number of hydrogen-bond acceptors (Lipinski definition) is 9. The summed E-state index contributed by atoms with van der Waals surface area (Å²) in [5, 5.41) is 27.9. The Kier molecular flexibility index (Phi) is 8.31. The lowest BCUT2D eigenvalue weighted by molar-refractivity contribution is -0.149. The van der Waals surface area contributed by atoms with Gasteiger partial charge in [0.25, 0.3) is 0 Å². The van der Waals surface area contributed by atoms with Gasteiger partial charge in [0.15, 0.2) is 0 Å². The molecule has 0 aromatic rings. The Labute approximate surface area is 225 Å². The summed E-state index contributed by atoms with van der Waals surface area (Å²) in [6.07, 6.45) is 4.64. The van der Waals surface area contributed by atoms with Crippen LogP contribution in [0.3, 0.4) is 0 Å². The predicted octanol–water partition coefficient (Wildman–Crippen LogP) is 0.427. The number of aliphatic hydroxyl groups is 2. The minimum absolute atomic E-state index is 0.0719. The average molecular weight is 539 g/mol. The second kappa shape index (κ2) is 10.5. The molecule has 3 rings (SSSR count). The third-order valence-corrected chi connectivity index (χ3v) is 8.11. The van der Waals surface area contributed by atoms with Crippen molar-refractivity contribution in [2.75, 3.05) is 13.1 Å². The van der Waals surface area contributed by atoms with Crippen LogP contribution in [0.15, 0.2) is 11.9 Å². The van der Waals surface area contributed by atoms with E-state index in [1.807, 2.05) is 0 Å². The average Bonchev–Trinajstić information content (AvgIpc) is 3.16. The molecule has 3 aliphatic rings. The zero-order valence-electron chi connectivity index (χ0n) is 23.5. The zero-order chi connectivity index (χ0) is 28.7. The number of nitrogens with zero attached hydrogens (tertiary/aromatic N) is 2. The van der Waals surface area contributed by atoms with Gasteiger partial charge in [-0.05, 0) is 72.6 Å². The van der Waals surface area contributed by atoms with Gasteiger partial charge in [-0.3, -0.25) is 9.59 Å². The van der Waals surface area contributed by atoms with E-state index in [-0.39, 0.29) is 36.5 Å². The molecule has 2 aliphatic carbocycles. The molecule has 0 aromatic heterocycles. The molecule has 216 valence electrons. The molecule has 3 amide bonds. The molecule has 1 spiro atoms. The number of aliphatic hydroxyl groups excluding tert-OH is 1. The van der Waals surface area contributed by atoms with Crippen molar-refractivity contribution in [3.05, 3.63) is 11.9 Å². The zero-order valence-corrected chi connectivity index (χ0v) is 23.5. The second-order valence-corrected chi connectivity index (χ2v) is 12.9. The molecule has 38 heavy (non-hydrogen) atoms.